The maximum Gasteiger partial charge on any atom is 0.416 e. The number of benzene rings is 3. The summed E-state index contributed by atoms with van der Waals surface area (Å²) in [5.74, 6) is -1.03. The molecule has 0 aliphatic rings. The van der Waals surface area contributed by atoms with Crippen LogP contribution in [0.1, 0.15) is 16.7 Å². The van der Waals surface area contributed by atoms with Crippen LogP contribution < -0.4 is 14.2 Å². The molecule has 0 aliphatic heterocycles. The van der Waals surface area contributed by atoms with Gasteiger partial charge in [-0.25, -0.2) is 0 Å². The van der Waals surface area contributed by atoms with E-state index in [1.807, 2.05) is 0 Å². The number of hydrogen-bond acceptors (Lipinski definition) is 6. The Morgan fingerprint density at radius 1 is 1.11 bits per heavy atom. The zero-order valence-corrected chi connectivity index (χ0v) is 20.8. The summed E-state index contributed by atoms with van der Waals surface area (Å²) < 4.78 is 75.3. The minimum Gasteiger partial charge on any atom is -0.493 e. The fourth-order valence-electron chi connectivity index (χ4n) is 3.35. The predicted octanol–water partition coefficient (Wildman–Crippen LogP) is 5.76. The highest BCUT2D eigenvalue weighted by Crippen LogP contribution is 2.36. The summed E-state index contributed by atoms with van der Waals surface area (Å²) in [6.45, 7) is 3.66. The van der Waals surface area contributed by atoms with Crippen molar-refractivity contribution in [3.63, 3.8) is 0 Å². The van der Waals surface area contributed by atoms with Gasteiger partial charge in [-0.3, -0.25) is 4.79 Å². The van der Waals surface area contributed by atoms with Crippen LogP contribution in [0, 0.1) is 11.3 Å². The lowest BCUT2D eigenvalue weighted by molar-refractivity contribution is -0.137. The molecule has 0 saturated carbocycles. The van der Waals surface area contributed by atoms with Gasteiger partial charge in [-0.05, 0) is 60.5 Å². The third-order valence-electron chi connectivity index (χ3n) is 5.09. The van der Waals surface area contributed by atoms with Gasteiger partial charge in [0.2, 0.25) is 0 Å². The predicted molar refractivity (Wildman–Crippen MR) is 135 cm³/mol. The molecule has 0 fully saturated rings. The van der Waals surface area contributed by atoms with E-state index in [2.05, 4.69) is 11.9 Å². The maximum absolute atomic E-state index is 13.0. The van der Waals surface area contributed by atoms with E-state index in [9.17, 15) is 31.6 Å². The van der Waals surface area contributed by atoms with Gasteiger partial charge in [-0.15, -0.1) is 6.58 Å². The molecule has 11 heteroatoms. The first-order valence-corrected chi connectivity index (χ1v) is 12.3. The molecule has 0 spiro atoms. The Balaban J connectivity index is 1.97. The largest absolute Gasteiger partial charge is 0.493 e. The molecule has 0 heterocycles. The highest BCUT2D eigenvalue weighted by molar-refractivity contribution is 7.87. The van der Waals surface area contributed by atoms with Crippen LogP contribution >= 0.6 is 0 Å². The maximum atomic E-state index is 13.0. The van der Waals surface area contributed by atoms with E-state index in [-0.39, 0.29) is 34.1 Å². The fourth-order valence-corrected chi connectivity index (χ4v) is 4.35. The van der Waals surface area contributed by atoms with Gasteiger partial charge in [0.1, 0.15) is 16.5 Å². The van der Waals surface area contributed by atoms with Crippen molar-refractivity contribution in [1.29, 1.82) is 5.26 Å². The van der Waals surface area contributed by atoms with E-state index in [0.717, 1.165) is 18.2 Å². The second-order valence-corrected chi connectivity index (χ2v) is 9.30. The first kappa shape index (κ1) is 28.0. The highest BCUT2D eigenvalue weighted by Gasteiger charge is 2.30. The number of amides is 1. The number of alkyl halides is 3. The van der Waals surface area contributed by atoms with Crippen LogP contribution in [0.25, 0.3) is 6.08 Å². The number of carbonyl (C=O) groups excluding carboxylic acids is 1. The number of nitriles is 1. The summed E-state index contributed by atoms with van der Waals surface area (Å²) in [4.78, 5) is 12.6. The SMILES string of the molecule is C=CCc1cc(/C=C(\C#N)C(=O)Nc2cccc(C(F)(F)F)c2)cc(OC)c1OS(=O)(=O)c1ccccc1. The van der Waals surface area contributed by atoms with Gasteiger partial charge in [-0.1, -0.05) is 30.3 Å². The van der Waals surface area contributed by atoms with E-state index in [1.165, 1.54) is 49.6 Å². The number of nitrogens with one attached hydrogen (secondary N) is 1. The summed E-state index contributed by atoms with van der Waals surface area (Å²) in [5.41, 5.74) is -0.914. The van der Waals surface area contributed by atoms with Gasteiger partial charge in [0.05, 0.1) is 12.7 Å². The van der Waals surface area contributed by atoms with Crippen molar-refractivity contribution in [1.82, 2.24) is 0 Å². The minimum absolute atomic E-state index is 0.00526. The van der Waals surface area contributed by atoms with Crippen molar-refractivity contribution in [3.8, 4) is 17.6 Å². The van der Waals surface area contributed by atoms with Crippen LogP contribution in [0.2, 0.25) is 0 Å². The fraction of sp³-hybridized carbons (Fsp3) is 0.111. The summed E-state index contributed by atoms with van der Waals surface area (Å²) >= 11 is 0. The number of halogens is 3. The molecular formula is C27H21F3N2O5S. The van der Waals surface area contributed by atoms with E-state index in [1.54, 1.807) is 24.3 Å². The van der Waals surface area contributed by atoms with Gasteiger partial charge in [0.15, 0.2) is 11.5 Å². The smallest absolute Gasteiger partial charge is 0.416 e. The molecule has 0 aliphatic carbocycles. The number of rotatable bonds is 9. The summed E-state index contributed by atoms with van der Waals surface area (Å²) in [7, 11) is -2.93. The van der Waals surface area contributed by atoms with Crippen LogP contribution in [-0.4, -0.2) is 21.4 Å². The number of hydrogen-bond donors (Lipinski definition) is 1. The normalized spacial score (nSPS) is 11.8. The molecule has 1 N–H and O–H groups in total. The van der Waals surface area contributed by atoms with Crippen LogP contribution in [0.15, 0.2) is 89.9 Å². The molecule has 3 rings (SSSR count). The van der Waals surface area contributed by atoms with Crippen LogP contribution in [0.3, 0.4) is 0 Å². The molecule has 0 bridgehead atoms. The average molecular weight is 543 g/mol. The topological polar surface area (TPSA) is 105 Å². The Morgan fingerprint density at radius 2 is 1.82 bits per heavy atom. The minimum atomic E-state index is -4.61. The van der Waals surface area contributed by atoms with Gasteiger partial charge < -0.3 is 14.2 Å². The standard InChI is InChI=1S/C27H21F3N2O5S/c1-3-8-19-13-18(15-24(36-2)25(19)37-38(34,35)23-11-5-4-6-12-23)14-20(17-31)26(33)32-22-10-7-9-21(16-22)27(28,29)30/h3-7,9-16H,1,8H2,2H3,(H,32,33)/b20-14+. The van der Waals surface area contributed by atoms with Gasteiger partial charge in [0, 0.05) is 11.3 Å². The molecule has 0 aromatic heterocycles. The number of carbonyl (C=O) groups is 1. The molecular weight excluding hydrogens is 521 g/mol. The molecule has 0 radical (unpaired) electrons. The lowest BCUT2D eigenvalue weighted by atomic mass is 10.0. The highest BCUT2D eigenvalue weighted by atomic mass is 32.2. The summed E-state index contributed by atoms with van der Waals surface area (Å²) in [6.07, 6.45) is -1.77. The molecule has 7 nitrogen and oxygen atoms in total. The number of allylic oxidation sites excluding steroid dienone is 1. The molecule has 3 aromatic carbocycles. The first-order valence-electron chi connectivity index (χ1n) is 10.9. The number of anilines is 1. The molecule has 0 saturated heterocycles. The lowest BCUT2D eigenvalue weighted by Crippen LogP contribution is -2.14. The molecule has 3 aromatic rings. The Kier molecular flexibility index (Phi) is 8.60. The van der Waals surface area contributed by atoms with Crippen molar-refractivity contribution in [2.45, 2.75) is 17.5 Å². The van der Waals surface area contributed by atoms with Crippen LogP contribution in [0.5, 0.6) is 11.5 Å². The van der Waals surface area contributed by atoms with Crippen molar-refractivity contribution in [3.05, 3.63) is 102 Å². The average Bonchev–Trinajstić information content (AvgIpc) is 2.88. The zero-order chi connectivity index (χ0) is 27.9. The van der Waals surface area contributed by atoms with Crippen molar-refractivity contribution < 1.29 is 35.3 Å². The number of ether oxygens (including phenoxy) is 1. The third kappa shape index (κ3) is 6.80. The Hall–Kier alpha value is -4.56. The van der Waals surface area contributed by atoms with E-state index in [0.29, 0.717) is 5.56 Å². The van der Waals surface area contributed by atoms with Gasteiger partial charge in [0.25, 0.3) is 5.91 Å². The van der Waals surface area contributed by atoms with E-state index >= 15 is 0 Å². The molecule has 1 amide bonds. The quantitative estimate of drug-likeness (QED) is 0.160. The van der Waals surface area contributed by atoms with Crippen molar-refractivity contribution in [2.75, 3.05) is 12.4 Å². The van der Waals surface area contributed by atoms with Crippen molar-refractivity contribution >= 4 is 27.8 Å². The van der Waals surface area contributed by atoms with Crippen LogP contribution in [-0.2, 0) is 27.5 Å². The monoisotopic (exact) mass is 542 g/mol. The molecule has 196 valence electrons. The number of methoxy groups -OCH3 is 1. The number of nitrogens with zero attached hydrogens (tertiary/aromatic N) is 1. The zero-order valence-electron chi connectivity index (χ0n) is 20.0. The molecule has 38 heavy (non-hydrogen) atoms. The Morgan fingerprint density at radius 3 is 2.42 bits per heavy atom. The summed E-state index contributed by atoms with van der Waals surface area (Å²) in [6, 6.07) is 16.0. The Bertz CT molecular complexity index is 1530. The first-order chi connectivity index (χ1) is 18.0. The molecule has 0 unspecified atom stereocenters. The second-order valence-electron chi connectivity index (χ2n) is 7.76. The lowest BCUT2D eigenvalue weighted by Gasteiger charge is -2.15. The summed E-state index contributed by atoms with van der Waals surface area (Å²) in [5, 5.41) is 11.8. The Labute approximate surface area is 217 Å². The van der Waals surface area contributed by atoms with Crippen LogP contribution in [0.4, 0.5) is 18.9 Å². The third-order valence-corrected chi connectivity index (χ3v) is 6.32. The van der Waals surface area contributed by atoms with E-state index < -0.39 is 33.3 Å². The van der Waals surface area contributed by atoms with E-state index in [4.69, 9.17) is 8.92 Å². The molecule has 0 atom stereocenters. The van der Waals surface area contributed by atoms with Crippen molar-refractivity contribution in [2.24, 2.45) is 0 Å². The van der Waals surface area contributed by atoms with Gasteiger partial charge >= 0.3 is 16.3 Å². The van der Waals surface area contributed by atoms with Gasteiger partial charge in [-0.2, -0.15) is 26.9 Å². The second kappa shape index (κ2) is 11.7.